The molecule has 1 rings (SSSR count). The molecule has 8 heteroatoms. The van der Waals surface area contributed by atoms with Crippen LogP contribution in [0.4, 0.5) is 0 Å². The number of nitrogens with one attached hydrogen (secondary N) is 2. The molecule has 0 aliphatic heterocycles. The van der Waals surface area contributed by atoms with E-state index in [-0.39, 0.29) is 36.6 Å². The van der Waals surface area contributed by atoms with Crippen molar-refractivity contribution in [3.63, 3.8) is 0 Å². The monoisotopic (exact) mass is 420 g/mol. The third-order valence-electron chi connectivity index (χ3n) is 4.74. The van der Waals surface area contributed by atoms with Gasteiger partial charge in [-0.2, -0.15) is 0 Å². The summed E-state index contributed by atoms with van der Waals surface area (Å²) in [5.74, 6) is -0.0953. The van der Waals surface area contributed by atoms with E-state index in [1.165, 1.54) is 0 Å². The molecule has 6 nitrogen and oxygen atoms in total. The Kier molecular flexibility index (Phi) is 14.2. The second kappa shape index (κ2) is 13.8. The summed E-state index contributed by atoms with van der Waals surface area (Å²) in [7, 11) is 3.93. The van der Waals surface area contributed by atoms with Crippen LogP contribution in [0.1, 0.15) is 42.6 Å². The van der Waals surface area contributed by atoms with Gasteiger partial charge in [-0.1, -0.05) is 26.0 Å². The molecule has 0 aliphatic rings. The molecule has 1 aromatic rings. The van der Waals surface area contributed by atoms with E-state index in [0.29, 0.717) is 25.2 Å². The molecule has 2 amide bonds. The van der Waals surface area contributed by atoms with Crippen molar-refractivity contribution in [1.29, 1.82) is 0 Å². The molecule has 156 valence electrons. The number of carbonyl (C=O) groups is 2. The number of benzene rings is 1. The fourth-order valence-electron chi connectivity index (χ4n) is 2.59. The van der Waals surface area contributed by atoms with Gasteiger partial charge in [-0.25, -0.2) is 0 Å². The number of amides is 2. The number of likely N-dealkylation sites (N-methyl/N-ethyl adjacent to an activating group) is 1. The lowest BCUT2D eigenvalue weighted by Crippen LogP contribution is -2.45. The van der Waals surface area contributed by atoms with Crippen LogP contribution in [0.15, 0.2) is 24.3 Å². The largest absolute Gasteiger partial charge is 0.352 e. The van der Waals surface area contributed by atoms with Gasteiger partial charge < -0.3 is 21.3 Å². The number of rotatable bonds is 10. The maximum Gasteiger partial charge on any atom is 0.251 e. The van der Waals surface area contributed by atoms with E-state index in [2.05, 4.69) is 10.6 Å². The summed E-state index contributed by atoms with van der Waals surface area (Å²) >= 11 is 0. The lowest BCUT2D eigenvalue weighted by Gasteiger charge is -2.28. The summed E-state index contributed by atoms with van der Waals surface area (Å²) in [6.07, 6.45) is 1.44. The van der Waals surface area contributed by atoms with Crippen LogP contribution in [0.2, 0.25) is 0 Å². The normalized spacial score (nSPS) is 10.6. The van der Waals surface area contributed by atoms with Gasteiger partial charge in [0.1, 0.15) is 0 Å². The van der Waals surface area contributed by atoms with E-state index in [4.69, 9.17) is 5.73 Å². The first-order valence-corrected chi connectivity index (χ1v) is 8.88. The van der Waals surface area contributed by atoms with Crippen molar-refractivity contribution in [3.8, 4) is 0 Å². The highest BCUT2D eigenvalue weighted by molar-refractivity contribution is 5.94. The predicted octanol–water partition coefficient (Wildman–Crippen LogP) is 2.20. The average molecular weight is 421 g/mol. The van der Waals surface area contributed by atoms with Crippen molar-refractivity contribution < 1.29 is 9.59 Å². The first kappa shape index (κ1) is 27.9. The number of halogens is 2. The second-order valence-corrected chi connectivity index (χ2v) is 6.63. The topological polar surface area (TPSA) is 87.5 Å². The van der Waals surface area contributed by atoms with Crippen molar-refractivity contribution in [2.75, 3.05) is 33.7 Å². The molecule has 0 saturated heterocycles. The molecular weight excluding hydrogens is 387 g/mol. The Morgan fingerprint density at radius 1 is 1.04 bits per heavy atom. The summed E-state index contributed by atoms with van der Waals surface area (Å²) in [6.45, 7) is 6.16. The molecule has 0 aliphatic carbocycles. The van der Waals surface area contributed by atoms with Gasteiger partial charge in [-0.05, 0) is 44.6 Å². The standard InChI is InChI=1S/C19H32N4O2.2ClH/c1-5-19(6-2,14-20)18(25)22-13-15-7-9-16(10-8-15)17(24)21-11-12-23(3)4;;/h7-10H,5-6,11-14,20H2,1-4H3,(H,21,24)(H,22,25);2*1H. The molecular formula is C19H34Cl2N4O2. The summed E-state index contributed by atoms with van der Waals surface area (Å²) in [6, 6.07) is 7.29. The molecule has 0 spiro atoms. The average Bonchev–Trinajstić information content (AvgIpc) is 2.62. The molecule has 0 bridgehead atoms. The number of hydrogen-bond donors (Lipinski definition) is 3. The van der Waals surface area contributed by atoms with Gasteiger partial charge in [-0.15, -0.1) is 24.8 Å². The van der Waals surface area contributed by atoms with Gasteiger partial charge in [0.25, 0.3) is 5.91 Å². The van der Waals surface area contributed by atoms with Crippen LogP contribution in [0, 0.1) is 5.41 Å². The Morgan fingerprint density at radius 3 is 2.04 bits per heavy atom. The van der Waals surface area contributed by atoms with E-state index in [0.717, 1.165) is 24.9 Å². The number of nitrogens with two attached hydrogens (primary N) is 1. The quantitative estimate of drug-likeness (QED) is 0.541. The lowest BCUT2D eigenvalue weighted by atomic mass is 9.81. The fourth-order valence-corrected chi connectivity index (χ4v) is 2.59. The molecule has 0 heterocycles. The van der Waals surface area contributed by atoms with E-state index in [1.807, 2.05) is 45.0 Å². The minimum absolute atomic E-state index is 0. The Balaban J connectivity index is 0. The van der Waals surface area contributed by atoms with Gasteiger partial charge in [0, 0.05) is 31.7 Å². The van der Waals surface area contributed by atoms with Gasteiger partial charge >= 0.3 is 0 Å². The van der Waals surface area contributed by atoms with Crippen molar-refractivity contribution in [2.24, 2.45) is 11.1 Å². The van der Waals surface area contributed by atoms with E-state index in [1.54, 1.807) is 12.1 Å². The smallest absolute Gasteiger partial charge is 0.251 e. The van der Waals surface area contributed by atoms with Crippen molar-refractivity contribution in [3.05, 3.63) is 35.4 Å². The van der Waals surface area contributed by atoms with E-state index >= 15 is 0 Å². The van der Waals surface area contributed by atoms with Gasteiger partial charge in [-0.3, -0.25) is 9.59 Å². The van der Waals surface area contributed by atoms with Crippen molar-refractivity contribution >= 4 is 36.6 Å². The summed E-state index contributed by atoms with van der Waals surface area (Å²) in [5, 5.41) is 5.84. The van der Waals surface area contributed by atoms with Crippen LogP contribution < -0.4 is 16.4 Å². The zero-order valence-electron chi connectivity index (χ0n) is 16.7. The Labute approximate surface area is 175 Å². The molecule has 1 aromatic carbocycles. The van der Waals surface area contributed by atoms with Gasteiger partial charge in [0.15, 0.2) is 0 Å². The molecule has 0 radical (unpaired) electrons. The highest BCUT2D eigenvalue weighted by atomic mass is 35.5. The third kappa shape index (κ3) is 8.47. The SMILES string of the molecule is CCC(CC)(CN)C(=O)NCc1ccc(C(=O)NCCN(C)C)cc1.Cl.Cl. The zero-order chi connectivity index (χ0) is 18.9. The Bertz CT molecular complexity index is 553. The maximum absolute atomic E-state index is 12.4. The van der Waals surface area contributed by atoms with Crippen LogP contribution in [0.25, 0.3) is 0 Å². The minimum Gasteiger partial charge on any atom is -0.352 e. The van der Waals surface area contributed by atoms with Crippen LogP contribution in [-0.2, 0) is 11.3 Å². The highest BCUT2D eigenvalue weighted by Crippen LogP contribution is 2.25. The van der Waals surface area contributed by atoms with Crippen molar-refractivity contribution in [2.45, 2.75) is 33.2 Å². The zero-order valence-corrected chi connectivity index (χ0v) is 18.3. The molecule has 27 heavy (non-hydrogen) atoms. The number of hydrogen-bond acceptors (Lipinski definition) is 4. The number of carbonyl (C=O) groups excluding carboxylic acids is 2. The summed E-state index contributed by atoms with van der Waals surface area (Å²) in [5.41, 5.74) is 6.88. The molecule has 0 atom stereocenters. The van der Waals surface area contributed by atoms with Crippen LogP contribution in [0.5, 0.6) is 0 Å². The predicted molar refractivity (Wildman–Crippen MR) is 116 cm³/mol. The molecule has 0 saturated carbocycles. The Morgan fingerprint density at radius 2 is 1.59 bits per heavy atom. The molecule has 0 fully saturated rings. The first-order valence-electron chi connectivity index (χ1n) is 8.88. The molecule has 0 unspecified atom stereocenters. The van der Waals surface area contributed by atoms with Crippen LogP contribution >= 0.6 is 24.8 Å². The minimum atomic E-state index is -0.494. The van der Waals surface area contributed by atoms with E-state index in [9.17, 15) is 9.59 Å². The summed E-state index contributed by atoms with van der Waals surface area (Å²) < 4.78 is 0. The maximum atomic E-state index is 12.4. The molecule has 4 N–H and O–H groups in total. The van der Waals surface area contributed by atoms with Crippen molar-refractivity contribution in [1.82, 2.24) is 15.5 Å². The van der Waals surface area contributed by atoms with E-state index < -0.39 is 5.41 Å². The van der Waals surface area contributed by atoms with Gasteiger partial charge in [0.2, 0.25) is 5.91 Å². The highest BCUT2D eigenvalue weighted by Gasteiger charge is 2.32. The Hall–Kier alpha value is -1.34. The van der Waals surface area contributed by atoms with Crippen LogP contribution in [0.3, 0.4) is 0 Å². The van der Waals surface area contributed by atoms with Crippen LogP contribution in [-0.4, -0.2) is 50.4 Å². The third-order valence-corrected chi connectivity index (χ3v) is 4.74. The second-order valence-electron chi connectivity index (χ2n) is 6.63. The number of nitrogens with zero attached hydrogens (tertiary/aromatic N) is 1. The fraction of sp³-hybridized carbons (Fsp3) is 0.579. The summed E-state index contributed by atoms with van der Waals surface area (Å²) in [4.78, 5) is 26.5. The molecule has 0 aromatic heterocycles. The first-order chi connectivity index (χ1) is 11.9. The lowest BCUT2D eigenvalue weighted by molar-refractivity contribution is -0.131. The van der Waals surface area contributed by atoms with Gasteiger partial charge in [0.05, 0.1) is 5.41 Å².